The molecule has 14 heavy (non-hydrogen) atoms. The van der Waals surface area contributed by atoms with Crippen molar-refractivity contribution in [3.63, 3.8) is 0 Å². The van der Waals surface area contributed by atoms with Crippen molar-refractivity contribution in [1.29, 1.82) is 0 Å². The van der Waals surface area contributed by atoms with E-state index in [9.17, 15) is 0 Å². The Kier molecular flexibility index (Phi) is 2.79. The molecule has 0 saturated heterocycles. The Hall–Kier alpha value is -0.940. The van der Waals surface area contributed by atoms with E-state index in [1.807, 2.05) is 18.2 Å². The van der Waals surface area contributed by atoms with Gasteiger partial charge in [0.05, 0.1) is 9.48 Å². The van der Waals surface area contributed by atoms with Gasteiger partial charge in [0.25, 0.3) is 0 Å². The summed E-state index contributed by atoms with van der Waals surface area (Å²) in [5.74, 6) is 0. The highest BCUT2D eigenvalue weighted by atomic mass is 79.9. The molecule has 72 valence electrons. The lowest BCUT2D eigenvalue weighted by molar-refractivity contribution is 1.03. The van der Waals surface area contributed by atoms with Gasteiger partial charge in [-0.1, -0.05) is 17.4 Å². The first-order chi connectivity index (χ1) is 6.75. The van der Waals surface area contributed by atoms with Crippen molar-refractivity contribution in [2.45, 2.75) is 6.42 Å². The first-order valence-corrected chi connectivity index (χ1v) is 5.67. The van der Waals surface area contributed by atoms with Gasteiger partial charge in [-0.25, -0.2) is 4.98 Å². The fourth-order valence-electron chi connectivity index (χ4n) is 1.13. The Morgan fingerprint density at radius 3 is 2.86 bits per heavy atom. The number of thiazole rings is 1. The number of nitrogens with zero attached hydrogens (tertiary/aromatic N) is 2. The number of aromatic nitrogens is 2. The summed E-state index contributed by atoms with van der Waals surface area (Å²) in [6.45, 7) is 0. The molecule has 0 spiro atoms. The third kappa shape index (κ3) is 2.10. The Morgan fingerprint density at radius 1 is 1.43 bits per heavy atom. The summed E-state index contributed by atoms with van der Waals surface area (Å²) >= 11 is 4.87. The lowest BCUT2D eigenvalue weighted by atomic mass is 10.2. The lowest BCUT2D eigenvalue weighted by Crippen LogP contribution is -1.92. The molecule has 2 heterocycles. The van der Waals surface area contributed by atoms with E-state index in [-0.39, 0.29) is 0 Å². The lowest BCUT2D eigenvalue weighted by Gasteiger charge is -1.96. The first-order valence-electron chi connectivity index (χ1n) is 4.06. The van der Waals surface area contributed by atoms with Crippen LogP contribution in [0.4, 0.5) is 5.13 Å². The third-order valence-electron chi connectivity index (χ3n) is 1.74. The quantitative estimate of drug-likeness (QED) is 0.912. The molecule has 5 heteroatoms. The smallest absolute Gasteiger partial charge is 0.181 e. The number of nitrogen functional groups attached to an aromatic ring is 1. The molecule has 0 atom stereocenters. The van der Waals surface area contributed by atoms with Crippen LogP contribution in [0.25, 0.3) is 0 Å². The number of rotatable bonds is 2. The van der Waals surface area contributed by atoms with E-state index in [0.717, 1.165) is 21.6 Å². The van der Waals surface area contributed by atoms with Gasteiger partial charge < -0.3 is 5.73 Å². The summed E-state index contributed by atoms with van der Waals surface area (Å²) in [5, 5.41) is 0.586. The Morgan fingerprint density at radius 2 is 2.29 bits per heavy atom. The first kappa shape index (κ1) is 9.61. The summed E-state index contributed by atoms with van der Waals surface area (Å²) in [5.41, 5.74) is 7.54. The van der Waals surface area contributed by atoms with Gasteiger partial charge in [-0.05, 0) is 28.1 Å². The number of nitrogens with two attached hydrogens (primary N) is 1. The van der Waals surface area contributed by atoms with Crippen LogP contribution in [0.2, 0.25) is 0 Å². The Bertz CT molecular complexity index is 427. The van der Waals surface area contributed by atoms with E-state index in [2.05, 4.69) is 25.9 Å². The molecule has 2 N–H and O–H groups in total. The second-order valence-electron chi connectivity index (χ2n) is 2.77. The molecule has 0 aromatic carbocycles. The van der Waals surface area contributed by atoms with Crippen molar-refractivity contribution in [1.82, 2.24) is 9.97 Å². The van der Waals surface area contributed by atoms with Crippen LogP contribution < -0.4 is 5.73 Å². The zero-order valence-corrected chi connectivity index (χ0v) is 9.68. The van der Waals surface area contributed by atoms with Crippen LogP contribution in [0, 0.1) is 0 Å². The molecule has 2 rings (SSSR count). The molecule has 3 nitrogen and oxygen atoms in total. The molecule has 0 amide bonds. The van der Waals surface area contributed by atoms with Crippen LogP contribution in [-0.2, 0) is 6.42 Å². The summed E-state index contributed by atoms with van der Waals surface area (Å²) in [7, 11) is 0. The van der Waals surface area contributed by atoms with Gasteiger partial charge in [-0.15, -0.1) is 0 Å². The van der Waals surface area contributed by atoms with Crippen LogP contribution in [0.3, 0.4) is 0 Å². The van der Waals surface area contributed by atoms with Crippen molar-refractivity contribution in [2.75, 3.05) is 5.73 Å². The zero-order valence-electron chi connectivity index (χ0n) is 7.27. The highest BCUT2D eigenvalue weighted by Crippen LogP contribution is 2.27. The summed E-state index contributed by atoms with van der Waals surface area (Å²) in [4.78, 5) is 8.44. The highest BCUT2D eigenvalue weighted by molar-refractivity contribution is 9.11. The number of hydrogen-bond donors (Lipinski definition) is 1. The van der Waals surface area contributed by atoms with Crippen LogP contribution >= 0.6 is 27.3 Å². The SMILES string of the molecule is Nc1nc(Cc2ccccn2)c(Br)s1. The third-order valence-corrected chi connectivity index (χ3v) is 3.40. The number of anilines is 1. The van der Waals surface area contributed by atoms with Gasteiger partial charge in [-0.3, -0.25) is 4.98 Å². The van der Waals surface area contributed by atoms with Gasteiger partial charge in [0.2, 0.25) is 0 Å². The fourth-order valence-corrected chi connectivity index (χ4v) is 2.44. The van der Waals surface area contributed by atoms with Crippen LogP contribution in [0.1, 0.15) is 11.4 Å². The van der Waals surface area contributed by atoms with Crippen LogP contribution in [0.15, 0.2) is 28.2 Å². The van der Waals surface area contributed by atoms with Gasteiger partial charge in [0.1, 0.15) is 0 Å². The fraction of sp³-hybridized carbons (Fsp3) is 0.111. The monoisotopic (exact) mass is 269 g/mol. The number of hydrogen-bond acceptors (Lipinski definition) is 4. The molecule has 2 aromatic rings. The van der Waals surface area contributed by atoms with Crippen LogP contribution in [0.5, 0.6) is 0 Å². The highest BCUT2D eigenvalue weighted by Gasteiger charge is 2.07. The average Bonchev–Trinajstić information content (AvgIpc) is 2.47. The van der Waals surface area contributed by atoms with Gasteiger partial charge in [0.15, 0.2) is 5.13 Å². The van der Waals surface area contributed by atoms with Crippen molar-refractivity contribution in [2.24, 2.45) is 0 Å². The second-order valence-corrected chi connectivity index (χ2v) is 5.12. The van der Waals surface area contributed by atoms with E-state index >= 15 is 0 Å². The average molecular weight is 270 g/mol. The predicted molar refractivity (Wildman–Crippen MR) is 61.3 cm³/mol. The molecule has 0 aliphatic heterocycles. The van der Waals surface area contributed by atoms with E-state index in [4.69, 9.17) is 5.73 Å². The maximum atomic E-state index is 5.59. The molecular weight excluding hydrogens is 262 g/mol. The standard InChI is InChI=1S/C9H8BrN3S/c10-8-7(13-9(11)14-8)5-6-3-1-2-4-12-6/h1-4H,5H2,(H2,11,13). The predicted octanol–water partition coefficient (Wildman–Crippen LogP) is 2.47. The summed E-state index contributed by atoms with van der Waals surface area (Å²) in [6, 6.07) is 5.84. The molecule has 0 saturated carbocycles. The van der Waals surface area contributed by atoms with E-state index in [1.165, 1.54) is 11.3 Å². The minimum Gasteiger partial charge on any atom is -0.375 e. The van der Waals surface area contributed by atoms with Crippen molar-refractivity contribution >= 4 is 32.4 Å². The van der Waals surface area contributed by atoms with Crippen molar-refractivity contribution in [3.8, 4) is 0 Å². The zero-order chi connectivity index (χ0) is 9.97. The maximum Gasteiger partial charge on any atom is 0.181 e. The Labute approximate surface area is 94.1 Å². The second kappa shape index (κ2) is 4.06. The van der Waals surface area contributed by atoms with Crippen molar-refractivity contribution in [3.05, 3.63) is 39.6 Å². The van der Waals surface area contributed by atoms with Crippen molar-refractivity contribution < 1.29 is 0 Å². The molecule has 0 aliphatic rings. The largest absolute Gasteiger partial charge is 0.375 e. The maximum absolute atomic E-state index is 5.59. The molecule has 0 radical (unpaired) electrons. The Balaban J connectivity index is 2.23. The minimum absolute atomic E-state index is 0.586. The number of halogens is 1. The topological polar surface area (TPSA) is 51.8 Å². The summed E-state index contributed by atoms with van der Waals surface area (Å²) < 4.78 is 0.987. The van der Waals surface area contributed by atoms with E-state index in [0.29, 0.717) is 5.13 Å². The minimum atomic E-state index is 0.586. The normalized spacial score (nSPS) is 10.4. The molecule has 0 unspecified atom stereocenters. The molecular formula is C9H8BrN3S. The summed E-state index contributed by atoms with van der Waals surface area (Å²) in [6.07, 6.45) is 2.49. The van der Waals surface area contributed by atoms with Crippen LogP contribution in [-0.4, -0.2) is 9.97 Å². The van der Waals surface area contributed by atoms with Gasteiger partial charge >= 0.3 is 0 Å². The van der Waals surface area contributed by atoms with E-state index in [1.54, 1.807) is 6.20 Å². The van der Waals surface area contributed by atoms with Gasteiger partial charge in [0, 0.05) is 18.3 Å². The molecule has 2 aromatic heterocycles. The molecule has 0 fully saturated rings. The number of pyridine rings is 1. The van der Waals surface area contributed by atoms with Gasteiger partial charge in [-0.2, -0.15) is 0 Å². The molecule has 0 bridgehead atoms. The molecule has 0 aliphatic carbocycles. The van der Waals surface area contributed by atoms with E-state index < -0.39 is 0 Å².